The third kappa shape index (κ3) is 15.5. The van der Waals surface area contributed by atoms with Gasteiger partial charge in [-0.3, -0.25) is 0 Å². The van der Waals surface area contributed by atoms with Gasteiger partial charge in [-0.25, -0.2) is 0 Å². The first-order valence-electron chi connectivity index (χ1n) is 8.20. The molecule has 3 heteroatoms. The maximum Gasteiger partial charge on any atom is 4.00 e. The summed E-state index contributed by atoms with van der Waals surface area (Å²) in [5, 5.41) is 0. The second-order valence-electron chi connectivity index (χ2n) is 4.80. The minimum Gasteiger partial charge on any atom is -0.522 e. The van der Waals surface area contributed by atoms with Gasteiger partial charge in [0.1, 0.15) is 0 Å². The summed E-state index contributed by atoms with van der Waals surface area (Å²) in [4.78, 5) is 0. The Morgan fingerprint density at radius 2 is 0.704 bits per heavy atom. The number of ether oxygens (including phenoxy) is 2. The third-order valence-corrected chi connectivity index (χ3v) is 2.96. The molecular weight excluding hydrogens is 368 g/mol. The molecule has 2 aliphatic rings. The summed E-state index contributed by atoms with van der Waals surface area (Å²) in [5.74, 6) is 1.76. The number of benzene rings is 2. The van der Waals surface area contributed by atoms with Gasteiger partial charge in [0.25, 0.3) is 0 Å². The van der Waals surface area contributed by atoms with Crippen molar-refractivity contribution in [3.05, 3.63) is 125 Å². The molecule has 0 N–H and O–H groups in total. The van der Waals surface area contributed by atoms with Gasteiger partial charge in [-0.05, 0) is 64.2 Å². The van der Waals surface area contributed by atoms with Gasteiger partial charge in [0.2, 0.25) is 0 Å². The summed E-state index contributed by atoms with van der Waals surface area (Å²) < 4.78 is 9.79. The summed E-state index contributed by atoms with van der Waals surface area (Å²) in [6.45, 7) is 0. The molecule has 2 aromatic rings. The Bertz CT molecular complexity index is 444. The first kappa shape index (κ1) is 25.8. The van der Waals surface area contributed by atoms with Crippen LogP contribution in [0.15, 0.2) is 48.5 Å². The van der Waals surface area contributed by atoms with Crippen LogP contribution in [0.5, 0.6) is 11.5 Å². The van der Waals surface area contributed by atoms with E-state index >= 15 is 0 Å². The Labute approximate surface area is 181 Å². The van der Waals surface area contributed by atoms with Crippen LogP contribution in [-0.4, -0.2) is 14.2 Å². The Kier molecular flexibility index (Phi) is 18.6. The van der Waals surface area contributed by atoms with Gasteiger partial charge in [-0.2, -0.15) is 36.4 Å². The van der Waals surface area contributed by atoms with Crippen LogP contribution in [0, 0.1) is 76.3 Å². The first-order chi connectivity index (χ1) is 12.9. The predicted octanol–water partition coefficient (Wildman–Crippen LogP) is 5.03. The zero-order valence-corrected chi connectivity index (χ0v) is 17.3. The van der Waals surface area contributed by atoms with Crippen LogP contribution in [0.3, 0.4) is 0 Å². The van der Waals surface area contributed by atoms with Crippen LogP contribution in [0.1, 0.15) is 0 Å². The van der Waals surface area contributed by atoms with E-state index in [4.69, 9.17) is 9.47 Å². The SMILES string of the molecule is COc1cc[c-]cc1.COc1cc[c-]cc1.[CH]1[CH][CH][CH][CH]1.[CH]1[CH][CH][CH][CH]1.[Ti+4]. The Morgan fingerprint density at radius 3 is 0.852 bits per heavy atom. The largest absolute Gasteiger partial charge is 4.00 e. The molecule has 2 aliphatic carbocycles. The molecule has 27 heavy (non-hydrogen) atoms. The van der Waals surface area contributed by atoms with Crippen LogP contribution >= 0.6 is 0 Å². The summed E-state index contributed by atoms with van der Waals surface area (Å²) >= 11 is 0. The van der Waals surface area contributed by atoms with Crippen molar-refractivity contribution in [2.24, 2.45) is 0 Å². The Morgan fingerprint density at radius 1 is 0.481 bits per heavy atom. The quantitative estimate of drug-likeness (QED) is 0.527. The molecule has 0 aromatic heterocycles. The van der Waals surface area contributed by atoms with E-state index in [1.807, 2.05) is 113 Å². The molecule has 10 radical (unpaired) electrons. The summed E-state index contributed by atoms with van der Waals surface area (Å²) in [5.41, 5.74) is 0. The fourth-order valence-electron chi connectivity index (χ4n) is 1.66. The van der Waals surface area contributed by atoms with Crippen LogP contribution in [-0.2, 0) is 21.7 Å². The van der Waals surface area contributed by atoms with E-state index in [0.29, 0.717) is 0 Å². The normalized spacial score (nSPS) is 14.0. The average Bonchev–Trinajstić information content (AvgIpc) is 3.48. The Balaban J connectivity index is 0.000000337. The van der Waals surface area contributed by atoms with Crippen molar-refractivity contribution >= 4 is 0 Å². The minimum absolute atomic E-state index is 0. The number of rotatable bonds is 2. The Hall–Kier alpha value is -1.25. The van der Waals surface area contributed by atoms with Gasteiger partial charge in [0, 0.05) is 11.5 Å². The van der Waals surface area contributed by atoms with Crippen molar-refractivity contribution in [3.63, 3.8) is 0 Å². The number of hydrogen-bond acceptors (Lipinski definition) is 2. The number of hydrogen-bond donors (Lipinski definition) is 0. The molecule has 0 spiro atoms. The van der Waals surface area contributed by atoms with Crippen molar-refractivity contribution in [1.29, 1.82) is 0 Å². The van der Waals surface area contributed by atoms with Crippen molar-refractivity contribution in [2.75, 3.05) is 14.2 Å². The smallest absolute Gasteiger partial charge is 0.522 e. The van der Waals surface area contributed by atoms with Gasteiger partial charge in [-0.15, -0.1) is 24.3 Å². The van der Waals surface area contributed by atoms with Gasteiger partial charge in [0.05, 0.1) is 14.2 Å². The molecule has 4 rings (SSSR count). The van der Waals surface area contributed by atoms with E-state index in [1.165, 1.54) is 0 Å². The molecule has 0 unspecified atom stereocenters. The van der Waals surface area contributed by atoms with E-state index in [9.17, 15) is 0 Å². The molecule has 0 saturated heterocycles. The summed E-state index contributed by atoms with van der Waals surface area (Å²) in [6, 6.07) is 20.5. The monoisotopic (exact) mass is 392 g/mol. The van der Waals surface area contributed by atoms with E-state index in [0.717, 1.165) is 11.5 Å². The van der Waals surface area contributed by atoms with Crippen molar-refractivity contribution in [3.8, 4) is 11.5 Å². The van der Waals surface area contributed by atoms with E-state index in [-0.39, 0.29) is 21.7 Å². The van der Waals surface area contributed by atoms with Crippen molar-refractivity contribution < 1.29 is 31.2 Å². The maximum atomic E-state index is 4.89. The molecule has 2 fully saturated rings. The predicted molar refractivity (Wildman–Crippen MR) is 107 cm³/mol. The van der Waals surface area contributed by atoms with Crippen LogP contribution in [0.4, 0.5) is 0 Å². The van der Waals surface area contributed by atoms with Crippen LogP contribution in [0.25, 0.3) is 0 Å². The average molecular weight is 392 g/mol. The molecule has 0 bridgehead atoms. The number of methoxy groups -OCH3 is 2. The molecule has 134 valence electrons. The minimum atomic E-state index is 0. The van der Waals surface area contributed by atoms with E-state index < -0.39 is 0 Å². The fraction of sp³-hybridized carbons (Fsp3) is 0.0833. The molecule has 0 aliphatic heterocycles. The molecule has 2 nitrogen and oxygen atoms in total. The van der Waals surface area contributed by atoms with Gasteiger partial charge < -0.3 is 9.47 Å². The van der Waals surface area contributed by atoms with Crippen LogP contribution < -0.4 is 9.47 Å². The standard InChI is InChI=1S/2C7H7O.2C5H5.Ti/c2*1-8-7-5-3-2-4-6-7;2*1-2-4-5-3-1;/h2*3-6H,1H3;2*1-5H;/q2*-1;;;+4. The summed E-state index contributed by atoms with van der Waals surface area (Å²) in [7, 11) is 3.30. The fourth-order valence-corrected chi connectivity index (χ4v) is 1.66. The molecule has 0 heterocycles. The van der Waals surface area contributed by atoms with Gasteiger partial charge in [0.15, 0.2) is 0 Å². The molecule has 2 saturated carbocycles. The molecule has 0 amide bonds. The van der Waals surface area contributed by atoms with Gasteiger partial charge >= 0.3 is 21.7 Å². The zero-order valence-electron chi connectivity index (χ0n) is 15.7. The maximum absolute atomic E-state index is 4.89. The summed E-state index contributed by atoms with van der Waals surface area (Å²) in [6.07, 6.45) is 20.0. The molecule has 2 aromatic carbocycles. The first-order valence-corrected chi connectivity index (χ1v) is 8.20. The van der Waals surface area contributed by atoms with Crippen molar-refractivity contribution in [1.82, 2.24) is 0 Å². The second-order valence-corrected chi connectivity index (χ2v) is 4.80. The second kappa shape index (κ2) is 19.5. The van der Waals surface area contributed by atoms with E-state index in [2.05, 4.69) is 12.1 Å². The topological polar surface area (TPSA) is 18.5 Å². The third-order valence-electron chi connectivity index (χ3n) is 2.96. The van der Waals surface area contributed by atoms with Crippen molar-refractivity contribution in [2.45, 2.75) is 0 Å². The molecular formula is C24H24O2Ti+2. The molecule has 0 atom stereocenters. The van der Waals surface area contributed by atoms with E-state index in [1.54, 1.807) is 14.2 Å². The zero-order chi connectivity index (χ0) is 18.7. The van der Waals surface area contributed by atoms with Gasteiger partial charge in [-0.1, -0.05) is 0 Å². The van der Waals surface area contributed by atoms with Crippen LogP contribution in [0.2, 0.25) is 0 Å².